The van der Waals surface area contributed by atoms with Gasteiger partial charge in [0.15, 0.2) is 11.5 Å². The van der Waals surface area contributed by atoms with Crippen LogP contribution in [0.15, 0.2) is 72.8 Å². The summed E-state index contributed by atoms with van der Waals surface area (Å²) in [5.41, 5.74) is 2.49. The van der Waals surface area contributed by atoms with Crippen LogP contribution < -0.4 is 14.8 Å². The lowest BCUT2D eigenvalue weighted by Gasteiger charge is -2.12. The lowest BCUT2D eigenvalue weighted by molar-refractivity contribution is 0.174. The van der Waals surface area contributed by atoms with Crippen molar-refractivity contribution in [2.45, 2.75) is 0 Å². The van der Waals surface area contributed by atoms with E-state index in [9.17, 15) is 4.39 Å². The van der Waals surface area contributed by atoms with E-state index < -0.39 is 0 Å². The molecule has 1 aromatic heterocycles. The Hall–Kier alpha value is -3.60. The Labute approximate surface area is 155 Å². The van der Waals surface area contributed by atoms with Gasteiger partial charge in [-0.15, -0.1) is 0 Å². The zero-order valence-corrected chi connectivity index (χ0v) is 14.3. The Kier molecular flexibility index (Phi) is 3.64. The van der Waals surface area contributed by atoms with Crippen molar-refractivity contribution in [3.8, 4) is 22.8 Å². The van der Waals surface area contributed by atoms with Gasteiger partial charge in [0.05, 0.1) is 5.69 Å². The molecular formula is C22H15FN2O2. The van der Waals surface area contributed by atoms with Crippen LogP contribution in [0, 0.1) is 5.82 Å². The highest BCUT2D eigenvalue weighted by Crippen LogP contribution is 2.36. The first-order valence-electron chi connectivity index (χ1n) is 8.59. The van der Waals surface area contributed by atoms with Gasteiger partial charge >= 0.3 is 0 Å². The lowest BCUT2D eigenvalue weighted by Crippen LogP contribution is -1.97. The number of nitrogens with zero attached hydrogens (tertiary/aromatic N) is 1. The smallest absolute Gasteiger partial charge is 0.231 e. The van der Waals surface area contributed by atoms with E-state index in [1.807, 2.05) is 48.5 Å². The molecule has 5 heteroatoms. The molecule has 0 bridgehead atoms. The summed E-state index contributed by atoms with van der Waals surface area (Å²) >= 11 is 0. The number of benzene rings is 3. The van der Waals surface area contributed by atoms with Gasteiger partial charge in [-0.25, -0.2) is 9.37 Å². The van der Waals surface area contributed by atoms with E-state index in [1.54, 1.807) is 12.1 Å². The molecule has 0 atom stereocenters. The maximum atomic E-state index is 13.3. The van der Waals surface area contributed by atoms with Gasteiger partial charge in [0.25, 0.3) is 0 Å². The van der Waals surface area contributed by atoms with Crippen molar-refractivity contribution in [1.29, 1.82) is 0 Å². The Morgan fingerprint density at radius 2 is 1.67 bits per heavy atom. The van der Waals surface area contributed by atoms with Crippen molar-refractivity contribution in [1.82, 2.24) is 4.98 Å². The quantitative estimate of drug-likeness (QED) is 0.524. The summed E-state index contributed by atoms with van der Waals surface area (Å²) in [7, 11) is 0. The minimum Gasteiger partial charge on any atom is -0.454 e. The van der Waals surface area contributed by atoms with Gasteiger partial charge in [0.2, 0.25) is 6.79 Å². The van der Waals surface area contributed by atoms with Gasteiger partial charge in [0, 0.05) is 22.7 Å². The molecule has 2 heterocycles. The van der Waals surface area contributed by atoms with E-state index in [0.29, 0.717) is 5.75 Å². The summed E-state index contributed by atoms with van der Waals surface area (Å²) in [4.78, 5) is 4.78. The van der Waals surface area contributed by atoms with Crippen LogP contribution in [0.1, 0.15) is 0 Å². The second kappa shape index (κ2) is 6.29. The number of aromatic nitrogens is 1. The van der Waals surface area contributed by atoms with Crippen LogP contribution in [0.2, 0.25) is 0 Å². The van der Waals surface area contributed by atoms with E-state index in [4.69, 9.17) is 14.5 Å². The average molecular weight is 358 g/mol. The molecule has 0 fully saturated rings. The van der Waals surface area contributed by atoms with Crippen LogP contribution in [0.3, 0.4) is 0 Å². The summed E-state index contributed by atoms with van der Waals surface area (Å²) < 4.78 is 24.1. The number of anilines is 2. The Morgan fingerprint density at radius 1 is 0.852 bits per heavy atom. The molecule has 0 radical (unpaired) electrons. The van der Waals surface area contributed by atoms with Crippen LogP contribution >= 0.6 is 0 Å². The van der Waals surface area contributed by atoms with E-state index in [-0.39, 0.29) is 12.6 Å². The van der Waals surface area contributed by atoms with Crippen LogP contribution in [0.4, 0.5) is 15.9 Å². The van der Waals surface area contributed by atoms with Crippen LogP contribution in [0.25, 0.3) is 22.0 Å². The van der Waals surface area contributed by atoms with Gasteiger partial charge in [-0.3, -0.25) is 0 Å². The Balaban J connectivity index is 1.60. The molecule has 0 aliphatic carbocycles. The third-order valence-corrected chi connectivity index (χ3v) is 4.52. The molecule has 0 saturated carbocycles. The molecule has 0 saturated heterocycles. The maximum absolute atomic E-state index is 13.3. The summed E-state index contributed by atoms with van der Waals surface area (Å²) in [6.45, 7) is 0.236. The first-order chi connectivity index (χ1) is 13.3. The zero-order valence-electron chi connectivity index (χ0n) is 14.3. The number of rotatable bonds is 3. The molecule has 132 valence electrons. The zero-order chi connectivity index (χ0) is 18.2. The summed E-state index contributed by atoms with van der Waals surface area (Å²) in [5.74, 6) is 1.90. The van der Waals surface area contributed by atoms with Crippen molar-refractivity contribution in [2.24, 2.45) is 0 Å². The summed E-state index contributed by atoms with van der Waals surface area (Å²) in [5, 5.41) is 5.43. The molecule has 0 unspecified atom stereocenters. The highest BCUT2D eigenvalue weighted by atomic mass is 19.1. The number of fused-ring (bicyclic) bond motifs is 2. The van der Waals surface area contributed by atoms with Crippen molar-refractivity contribution in [2.75, 3.05) is 12.1 Å². The van der Waals surface area contributed by atoms with Crippen molar-refractivity contribution >= 4 is 22.3 Å². The number of nitrogens with one attached hydrogen (secondary N) is 1. The largest absolute Gasteiger partial charge is 0.454 e. The molecule has 0 spiro atoms. The fourth-order valence-electron chi connectivity index (χ4n) is 3.17. The maximum Gasteiger partial charge on any atom is 0.231 e. The summed E-state index contributed by atoms with van der Waals surface area (Å²) in [6.07, 6.45) is 0. The third-order valence-electron chi connectivity index (χ3n) is 4.52. The van der Waals surface area contributed by atoms with Crippen LogP contribution in [-0.2, 0) is 0 Å². The molecule has 4 nitrogen and oxygen atoms in total. The van der Waals surface area contributed by atoms with E-state index in [0.717, 1.165) is 39.3 Å². The Bertz CT molecular complexity index is 1140. The second-order valence-corrected chi connectivity index (χ2v) is 6.28. The molecule has 1 aliphatic heterocycles. The minimum absolute atomic E-state index is 0.236. The number of halogens is 1. The normalized spacial score (nSPS) is 12.3. The van der Waals surface area contributed by atoms with E-state index >= 15 is 0 Å². The SMILES string of the molecule is Fc1ccc(-c2cc3ccccc3c(Nc3ccc4c(c3)OCO4)n2)cc1. The van der Waals surface area contributed by atoms with Crippen LogP contribution in [-0.4, -0.2) is 11.8 Å². The monoisotopic (exact) mass is 358 g/mol. The van der Waals surface area contributed by atoms with Crippen LogP contribution in [0.5, 0.6) is 11.5 Å². The standard InChI is InChI=1S/C22H15FN2O2/c23-16-7-5-14(6-8-16)19-11-15-3-1-2-4-18(15)22(25-19)24-17-9-10-20-21(12-17)27-13-26-20/h1-12H,13H2,(H,24,25). The molecule has 1 N–H and O–H groups in total. The summed E-state index contributed by atoms with van der Waals surface area (Å²) in [6, 6.07) is 22.1. The molecule has 27 heavy (non-hydrogen) atoms. The van der Waals surface area contributed by atoms with Crippen molar-refractivity contribution in [3.05, 3.63) is 78.6 Å². The molecule has 1 aliphatic rings. The highest BCUT2D eigenvalue weighted by Gasteiger charge is 2.14. The lowest BCUT2D eigenvalue weighted by atomic mass is 10.1. The highest BCUT2D eigenvalue weighted by molar-refractivity contribution is 5.96. The first kappa shape index (κ1) is 15.6. The molecule has 3 aromatic carbocycles. The molecule has 5 rings (SSSR count). The van der Waals surface area contributed by atoms with Gasteiger partial charge in [-0.2, -0.15) is 0 Å². The molecule has 4 aromatic rings. The van der Waals surface area contributed by atoms with Gasteiger partial charge < -0.3 is 14.8 Å². The van der Waals surface area contributed by atoms with Crippen molar-refractivity contribution in [3.63, 3.8) is 0 Å². The fraction of sp³-hybridized carbons (Fsp3) is 0.0455. The predicted molar refractivity (Wildman–Crippen MR) is 103 cm³/mol. The van der Waals surface area contributed by atoms with E-state index in [2.05, 4.69) is 5.32 Å². The van der Waals surface area contributed by atoms with Gasteiger partial charge in [0.1, 0.15) is 11.6 Å². The first-order valence-corrected chi connectivity index (χ1v) is 8.59. The van der Waals surface area contributed by atoms with Crippen molar-refractivity contribution < 1.29 is 13.9 Å². The molecular weight excluding hydrogens is 343 g/mol. The van der Waals surface area contributed by atoms with E-state index in [1.165, 1.54) is 12.1 Å². The number of hydrogen-bond acceptors (Lipinski definition) is 4. The molecule has 0 amide bonds. The van der Waals surface area contributed by atoms with Gasteiger partial charge in [-0.05, 0) is 47.9 Å². The minimum atomic E-state index is -0.266. The Morgan fingerprint density at radius 3 is 2.56 bits per heavy atom. The second-order valence-electron chi connectivity index (χ2n) is 6.28. The fourth-order valence-corrected chi connectivity index (χ4v) is 3.17. The number of pyridine rings is 1. The predicted octanol–water partition coefficient (Wildman–Crippen LogP) is 5.51. The number of ether oxygens (including phenoxy) is 2. The average Bonchev–Trinajstić information content (AvgIpc) is 3.16. The third kappa shape index (κ3) is 2.93. The number of hydrogen-bond donors (Lipinski definition) is 1. The topological polar surface area (TPSA) is 43.4 Å². The van der Waals surface area contributed by atoms with Gasteiger partial charge in [-0.1, -0.05) is 24.3 Å².